The highest BCUT2D eigenvalue weighted by molar-refractivity contribution is 7.15. The van der Waals surface area contributed by atoms with Crippen LogP contribution in [-0.4, -0.2) is 37.6 Å². The predicted molar refractivity (Wildman–Crippen MR) is 62.3 cm³/mol. The lowest BCUT2D eigenvalue weighted by Gasteiger charge is -2.01. The minimum Gasteiger partial charge on any atom is -0.476 e. The second-order valence-electron chi connectivity index (χ2n) is 3.32. The van der Waals surface area contributed by atoms with Crippen molar-refractivity contribution in [3.05, 3.63) is 23.0 Å². The highest BCUT2D eigenvalue weighted by Crippen LogP contribution is 2.21. The normalized spacial score (nSPS) is 10.4. The Hall–Kier alpha value is -1.96. The van der Waals surface area contributed by atoms with E-state index in [1.54, 1.807) is 24.0 Å². The number of nitrogens with one attached hydrogen (secondary N) is 1. The van der Waals surface area contributed by atoms with E-state index in [0.29, 0.717) is 23.1 Å². The van der Waals surface area contributed by atoms with Crippen molar-refractivity contribution < 1.29 is 9.90 Å². The summed E-state index contributed by atoms with van der Waals surface area (Å²) in [6.07, 6.45) is 3.37. The molecule has 0 aliphatic heterocycles. The van der Waals surface area contributed by atoms with Gasteiger partial charge in [0.15, 0.2) is 10.8 Å². The van der Waals surface area contributed by atoms with E-state index in [1.165, 1.54) is 11.3 Å². The minimum atomic E-state index is -0.997. The van der Waals surface area contributed by atoms with Crippen LogP contribution < -0.4 is 5.32 Å². The first-order chi connectivity index (χ1) is 8.16. The third-order valence-corrected chi connectivity index (χ3v) is 3.02. The van der Waals surface area contributed by atoms with Crippen LogP contribution in [0.25, 0.3) is 0 Å². The molecule has 0 amide bonds. The molecule has 0 saturated carbocycles. The van der Waals surface area contributed by atoms with Crippen LogP contribution in [0, 0.1) is 6.92 Å². The van der Waals surface area contributed by atoms with Crippen LogP contribution in [0.15, 0.2) is 12.4 Å². The number of carboxylic acid groups (broad SMARTS) is 1. The fourth-order valence-electron chi connectivity index (χ4n) is 1.30. The monoisotopic (exact) mass is 253 g/mol. The first-order valence-electron chi connectivity index (χ1n) is 4.95. The molecule has 2 aromatic rings. The molecule has 0 fully saturated rings. The summed E-state index contributed by atoms with van der Waals surface area (Å²) in [6.45, 7) is 3.01. The summed E-state index contributed by atoms with van der Waals surface area (Å²) in [4.78, 5) is 15.5. The van der Waals surface area contributed by atoms with Gasteiger partial charge in [0.25, 0.3) is 0 Å². The third-order valence-electron chi connectivity index (χ3n) is 2.09. The van der Waals surface area contributed by atoms with Crippen molar-refractivity contribution >= 4 is 22.4 Å². The number of hydrogen-bond acceptors (Lipinski definition) is 6. The van der Waals surface area contributed by atoms with Gasteiger partial charge in [0.1, 0.15) is 0 Å². The molecule has 2 aromatic heterocycles. The molecular formula is C9H11N5O2S. The minimum absolute atomic E-state index is 0.109. The lowest BCUT2D eigenvalue weighted by atomic mass is 10.4. The number of carboxylic acids is 1. The maximum absolute atomic E-state index is 10.8. The number of anilines is 1. The SMILES string of the molecule is Cc1sc(NCCn2ccnn2)nc1C(=O)O. The fourth-order valence-corrected chi connectivity index (χ4v) is 2.13. The molecule has 0 radical (unpaired) electrons. The van der Waals surface area contributed by atoms with Crippen LogP contribution in [-0.2, 0) is 6.54 Å². The van der Waals surface area contributed by atoms with Crippen LogP contribution in [0.1, 0.15) is 15.4 Å². The van der Waals surface area contributed by atoms with Gasteiger partial charge in [-0.25, -0.2) is 9.78 Å². The average molecular weight is 253 g/mol. The van der Waals surface area contributed by atoms with Gasteiger partial charge in [0, 0.05) is 17.6 Å². The summed E-state index contributed by atoms with van der Waals surface area (Å²) in [5.41, 5.74) is 0.109. The lowest BCUT2D eigenvalue weighted by molar-refractivity contribution is 0.0690. The Bertz CT molecular complexity index is 507. The maximum Gasteiger partial charge on any atom is 0.355 e. The van der Waals surface area contributed by atoms with Crippen molar-refractivity contribution in [3.8, 4) is 0 Å². The van der Waals surface area contributed by atoms with Crippen molar-refractivity contribution in [1.29, 1.82) is 0 Å². The van der Waals surface area contributed by atoms with E-state index in [4.69, 9.17) is 5.11 Å². The summed E-state index contributed by atoms with van der Waals surface area (Å²) in [5, 5.41) is 20.0. The second-order valence-corrected chi connectivity index (χ2v) is 4.53. The standard InChI is InChI=1S/C9H11N5O2S/c1-6-7(8(15)16)12-9(17-6)10-2-4-14-5-3-11-13-14/h3,5H,2,4H2,1H3,(H,10,12)(H,15,16). The second kappa shape index (κ2) is 4.91. The lowest BCUT2D eigenvalue weighted by Crippen LogP contribution is -2.11. The molecule has 0 atom stereocenters. The largest absolute Gasteiger partial charge is 0.476 e. The summed E-state index contributed by atoms with van der Waals surface area (Å²) in [5.74, 6) is -0.997. The number of aromatic nitrogens is 4. The van der Waals surface area contributed by atoms with Crippen molar-refractivity contribution in [1.82, 2.24) is 20.0 Å². The zero-order chi connectivity index (χ0) is 12.3. The van der Waals surface area contributed by atoms with Gasteiger partial charge < -0.3 is 10.4 Å². The zero-order valence-electron chi connectivity index (χ0n) is 9.12. The Labute approximate surface area is 101 Å². The summed E-state index contributed by atoms with van der Waals surface area (Å²) in [6, 6.07) is 0. The number of rotatable bonds is 5. The van der Waals surface area contributed by atoms with Gasteiger partial charge in [0.05, 0.1) is 12.7 Å². The number of aryl methyl sites for hydroxylation is 1. The molecule has 0 bridgehead atoms. The molecule has 0 spiro atoms. The summed E-state index contributed by atoms with van der Waals surface area (Å²) in [7, 11) is 0. The van der Waals surface area contributed by atoms with Gasteiger partial charge in [-0.05, 0) is 6.92 Å². The van der Waals surface area contributed by atoms with E-state index < -0.39 is 5.97 Å². The molecule has 90 valence electrons. The molecule has 7 nitrogen and oxygen atoms in total. The van der Waals surface area contributed by atoms with Crippen LogP contribution >= 0.6 is 11.3 Å². The van der Waals surface area contributed by atoms with E-state index in [1.807, 2.05) is 0 Å². The molecule has 2 heterocycles. The summed E-state index contributed by atoms with van der Waals surface area (Å²) < 4.78 is 1.69. The number of nitrogens with zero attached hydrogens (tertiary/aromatic N) is 4. The summed E-state index contributed by atoms with van der Waals surface area (Å²) >= 11 is 1.33. The topological polar surface area (TPSA) is 92.9 Å². The van der Waals surface area contributed by atoms with Gasteiger partial charge in [-0.2, -0.15) is 0 Å². The average Bonchev–Trinajstić information content (AvgIpc) is 2.88. The van der Waals surface area contributed by atoms with Crippen molar-refractivity contribution in [2.75, 3.05) is 11.9 Å². The Morgan fingerprint density at radius 2 is 2.47 bits per heavy atom. The Morgan fingerprint density at radius 3 is 3.06 bits per heavy atom. The van der Waals surface area contributed by atoms with Gasteiger partial charge >= 0.3 is 5.97 Å². The van der Waals surface area contributed by atoms with Crippen LogP contribution in [0.5, 0.6) is 0 Å². The molecular weight excluding hydrogens is 242 g/mol. The van der Waals surface area contributed by atoms with E-state index in [9.17, 15) is 4.79 Å². The van der Waals surface area contributed by atoms with Gasteiger partial charge in [-0.3, -0.25) is 4.68 Å². The van der Waals surface area contributed by atoms with Crippen LogP contribution in [0.2, 0.25) is 0 Å². The van der Waals surface area contributed by atoms with Crippen molar-refractivity contribution in [2.24, 2.45) is 0 Å². The van der Waals surface area contributed by atoms with E-state index in [0.717, 1.165) is 0 Å². The van der Waals surface area contributed by atoms with Crippen LogP contribution in [0.4, 0.5) is 5.13 Å². The molecule has 0 unspecified atom stereocenters. The van der Waals surface area contributed by atoms with Crippen LogP contribution in [0.3, 0.4) is 0 Å². The molecule has 0 aliphatic rings. The van der Waals surface area contributed by atoms with Crippen molar-refractivity contribution in [2.45, 2.75) is 13.5 Å². The molecule has 0 aromatic carbocycles. The third kappa shape index (κ3) is 2.78. The molecule has 8 heteroatoms. The quantitative estimate of drug-likeness (QED) is 0.820. The molecule has 2 N–H and O–H groups in total. The van der Waals surface area contributed by atoms with Gasteiger partial charge in [-0.1, -0.05) is 5.21 Å². The number of aromatic carboxylic acids is 1. The Morgan fingerprint density at radius 1 is 1.65 bits per heavy atom. The number of thiazole rings is 1. The van der Waals surface area contributed by atoms with E-state index in [2.05, 4.69) is 20.6 Å². The van der Waals surface area contributed by atoms with E-state index in [-0.39, 0.29) is 5.69 Å². The Balaban J connectivity index is 1.91. The number of carbonyl (C=O) groups is 1. The van der Waals surface area contributed by atoms with E-state index >= 15 is 0 Å². The van der Waals surface area contributed by atoms with Gasteiger partial charge in [-0.15, -0.1) is 16.4 Å². The number of hydrogen-bond donors (Lipinski definition) is 2. The maximum atomic E-state index is 10.8. The molecule has 0 aliphatic carbocycles. The first-order valence-corrected chi connectivity index (χ1v) is 5.77. The molecule has 0 saturated heterocycles. The highest BCUT2D eigenvalue weighted by Gasteiger charge is 2.13. The van der Waals surface area contributed by atoms with Gasteiger partial charge in [0.2, 0.25) is 0 Å². The molecule has 17 heavy (non-hydrogen) atoms. The zero-order valence-corrected chi connectivity index (χ0v) is 9.94. The highest BCUT2D eigenvalue weighted by atomic mass is 32.1. The van der Waals surface area contributed by atoms with Crippen molar-refractivity contribution in [3.63, 3.8) is 0 Å². The smallest absolute Gasteiger partial charge is 0.355 e. The fraction of sp³-hybridized carbons (Fsp3) is 0.333. The predicted octanol–water partition coefficient (Wildman–Crippen LogP) is 0.853. The molecule has 2 rings (SSSR count). The first kappa shape index (κ1) is 11.5. The Kier molecular flexibility index (Phi) is 3.33.